The molecular formula is C36H29N3. The van der Waals surface area contributed by atoms with Crippen LogP contribution >= 0.6 is 0 Å². The molecule has 1 aliphatic heterocycles. The van der Waals surface area contributed by atoms with E-state index in [0.717, 1.165) is 6.54 Å². The third kappa shape index (κ3) is 3.17. The highest BCUT2D eigenvalue weighted by atomic mass is 15.3. The quantitative estimate of drug-likeness (QED) is 0.235. The van der Waals surface area contributed by atoms with Crippen LogP contribution in [0.5, 0.6) is 0 Å². The van der Waals surface area contributed by atoms with Crippen molar-refractivity contribution in [1.29, 1.82) is 0 Å². The second kappa shape index (κ2) is 8.12. The van der Waals surface area contributed by atoms with Gasteiger partial charge in [-0.15, -0.1) is 0 Å². The molecule has 0 amide bonds. The maximum absolute atomic E-state index is 2.45. The van der Waals surface area contributed by atoms with Crippen LogP contribution in [0.15, 0.2) is 128 Å². The van der Waals surface area contributed by atoms with Gasteiger partial charge in [0.15, 0.2) is 0 Å². The van der Waals surface area contributed by atoms with Gasteiger partial charge in [0, 0.05) is 23.0 Å². The van der Waals surface area contributed by atoms with Gasteiger partial charge in [-0.3, -0.25) is 4.57 Å². The number of fused-ring (bicyclic) bond motifs is 6. The van der Waals surface area contributed by atoms with Gasteiger partial charge in [-0.25, -0.2) is 0 Å². The van der Waals surface area contributed by atoms with E-state index in [-0.39, 0.29) is 5.41 Å². The van der Waals surface area contributed by atoms with E-state index in [1.807, 2.05) is 0 Å². The van der Waals surface area contributed by atoms with Crippen LogP contribution < -0.4 is 4.90 Å². The standard InChI is InChI=1S/C36H29N3/c1-36(2)30-16-10-9-15-28(30)29-18-17-25(23-31(29)36)32-19-20-35-38(27-13-7-4-8-14-27)24-34-33(39(32)35)21-22-37(34)26-11-5-3-6-12-26/h3-23H,24H2,1-2H3. The molecule has 188 valence electrons. The lowest BCUT2D eigenvalue weighted by Gasteiger charge is -2.32. The maximum atomic E-state index is 2.45. The molecule has 0 radical (unpaired) electrons. The highest BCUT2D eigenvalue weighted by Gasteiger charge is 2.36. The van der Waals surface area contributed by atoms with E-state index in [0.29, 0.717) is 0 Å². The molecule has 6 aromatic rings. The first-order valence-electron chi connectivity index (χ1n) is 13.7. The molecule has 0 atom stereocenters. The van der Waals surface area contributed by atoms with Crippen molar-refractivity contribution in [3.8, 4) is 33.8 Å². The summed E-state index contributed by atoms with van der Waals surface area (Å²) >= 11 is 0. The number of benzene rings is 4. The summed E-state index contributed by atoms with van der Waals surface area (Å²) in [6.07, 6.45) is 2.21. The van der Waals surface area contributed by atoms with Crippen molar-refractivity contribution in [3.05, 3.63) is 144 Å². The Labute approximate surface area is 229 Å². The van der Waals surface area contributed by atoms with E-state index in [2.05, 4.69) is 155 Å². The van der Waals surface area contributed by atoms with Crippen LogP contribution in [-0.2, 0) is 12.0 Å². The number of hydrogen-bond donors (Lipinski definition) is 0. The maximum Gasteiger partial charge on any atom is 0.118 e. The molecule has 0 fully saturated rings. The lowest BCUT2D eigenvalue weighted by Crippen LogP contribution is -2.26. The molecule has 2 aliphatic rings. The lowest BCUT2D eigenvalue weighted by molar-refractivity contribution is 0.660. The van der Waals surface area contributed by atoms with E-state index in [4.69, 9.17) is 0 Å². The Morgan fingerprint density at radius 3 is 2.10 bits per heavy atom. The first-order chi connectivity index (χ1) is 19.1. The number of anilines is 2. The van der Waals surface area contributed by atoms with Crippen LogP contribution in [-0.4, -0.2) is 9.13 Å². The second-order valence-electron chi connectivity index (χ2n) is 11.1. The number of aromatic nitrogens is 2. The molecule has 3 heteroatoms. The SMILES string of the molecule is CC1(C)c2ccccc2-c2ccc(-c3ccc4n3-c3ccn(-c5ccccc5)c3CN4c3ccccc3)cc21. The highest BCUT2D eigenvalue weighted by Crippen LogP contribution is 2.50. The predicted octanol–water partition coefficient (Wildman–Crippen LogP) is 8.89. The summed E-state index contributed by atoms with van der Waals surface area (Å²) in [4.78, 5) is 2.43. The Balaban J connectivity index is 1.33. The summed E-state index contributed by atoms with van der Waals surface area (Å²) in [5, 5.41) is 0. The van der Waals surface area contributed by atoms with Gasteiger partial charge in [0.2, 0.25) is 0 Å². The summed E-state index contributed by atoms with van der Waals surface area (Å²) in [6.45, 7) is 5.51. The van der Waals surface area contributed by atoms with Crippen LogP contribution in [0.4, 0.5) is 11.5 Å². The van der Waals surface area contributed by atoms with Gasteiger partial charge in [0.25, 0.3) is 0 Å². The normalized spacial score (nSPS) is 14.5. The Kier molecular flexibility index (Phi) is 4.63. The van der Waals surface area contributed by atoms with Gasteiger partial charge < -0.3 is 9.47 Å². The average molecular weight is 504 g/mol. The lowest BCUT2D eigenvalue weighted by atomic mass is 9.82. The molecule has 3 heterocycles. The van der Waals surface area contributed by atoms with E-state index in [1.165, 1.54) is 62.1 Å². The fraction of sp³-hybridized carbons (Fsp3) is 0.111. The molecule has 0 saturated heterocycles. The van der Waals surface area contributed by atoms with E-state index in [1.54, 1.807) is 0 Å². The van der Waals surface area contributed by atoms with Crippen molar-refractivity contribution in [2.75, 3.05) is 4.90 Å². The molecule has 0 N–H and O–H groups in total. The van der Waals surface area contributed by atoms with Crippen molar-refractivity contribution in [1.82, 2.24) is 9.13 Å². The Hall–Kier alpha value is -4.76. The number of rotatable bonds is 3. The van der Waals surface area contributed by atoms with Gasteiger partial charge >= 0.3 is 0 Å². The Bertz CT molecular complexity index is 1850. The molecule has 1 aliphatic carbocycles. The summed E-state index contributed by atoms with van der Waals surface area (Å²) in [6, 6.07) is 44.1. The van der Waals surface area contributed by atoms with Crippen molar-refractivity contribution in [2.45, 2.75) is 25.8 Å². The van der Waals surface area contributed by atoms with E-state index >= 15 is 0 Å². The highest BCUT2D eigenvalue weighted by molar-refractivity contribution is 5.84. The Morgan fingerprint density at radius 1 is 0.615 bits per heavy atom. The summed E-state index contributed by atoms with van der Waals surface area (Å²) in [5.74, 6) is 1.19. The van der Waals surface area contributed by atoms with Crippen molar-refractivity contribution in [2.24, 2.45) is 0 Å². The van der Waals surface area contributed by atoms with Crippen LogP contribution in [0.1, 0.15) is 30.7 Å². The van der Waals surface area contributed by atoms with Crippen LogP contribution in [0, 0.1) is 0 Å². The van der Waals surface area contributed by atoms with E-state index in [9.17, 15) is 0 Å². The molecule has 8 rings (SSSR count). The second-order valence-corrected chi connectivity index (χ2v) is 11.1. The minimum atomic E-state index is -0.0306. The molecule has 39 heavy (non-hydrogen) atoms. The van der Waals surface area contributed by atoms with Gasteiger partial charge in [-0.1, -0.05) is 86.6 Å². The summed E-state index contributed by atoms with van der Waals surface area (Å²) in [5.41, 5.74) is 12.8. The predicted molar refractivity (Wildman–Crippen MR) is 160 cm³/mol. The minimum absolute atomic E-state index is 0.0306. The number of hydrogen-bond acceptors (Lipinski definition) is 1. The van der Waals surface area contributed by atoms with E-state index < -0.39 is 0 Å². The van der Waals surface area contributed by atoms with Crippen molar-refractivity contribution in [3.63, 3.8) is 0 Å². The number of para-hydroxylation sites is 2. The first kappa shape index (κ1) is 22.2. The molecule has 0 bridgehead atoms. The molecular weight excluding hydrogens is 474 g/mol. The third-order valence-corrected chi connectivity index (χ3v) is 8.64. The Morgan fingerprint density at radius 2 is 1.31 bits per heavy atom. The molecule has 2 aromatic heterocycles. The average Bonchev–Trinajstić information content (AvgIpc) is 3.67. The van der Waals surface area contributed by atoms with Crippen LogP contribution in [0.25, 0.3) is 33.8 Å². The first-order valence-corrected chi connectivity index (χ1v) is 13.7. The fourth-order valence-corrected chi connectivity index (χ4v) is 6.69. The third-order valence-electron chi connectivity index (χ3n) is 8.64. The smallest absolute Gasteiger partial charge is 0.118 e. The number of nitrogens with zero attached hydrogens (tertiary/aromatic N) is 3. The molecule has 0 spiro atoms. The zero-order chi connectivity index (χ0) is 26.1. The molecule has 3 nitrogen and oxygen atoms in total. The van der Waals surface area contributed by atoms with Gasteiger partial charge in [-0.2, -0.15) is 0 Å². The molecule has 4 aromatic carbocycles. The zero-order valence-electron chi connectivity index (χ0n) is 22.2. The van der Waals surface area contributed by atoms with Gasteiger partial charge in [0.1, 0.15) is 5.82 Å². The summed E-state index contributed by atoms with van der Waals surface area (Å²) < 4.78 is 4.78. The largest absolute Gasteiger partial charge is 0.321 e. The van der Waals surface area contributed by atoms with Crippen molar-refractivity contribution >= 4 is 11.5 Å². The van der Waals surface area contributed by atoms with Crippen LogP contribution in [0.3, 0.4) is 0 Å². The van der Waals surface area contributed by atoms with Crippen molar-refractivity contribution < 1.29 is 0 Å². The minimum Gasteiger partial charge on any atom is -0.321 e. The van der Waals surface area contributed by atoms with Gasteiger partial charge in [0.05, 0.1) is 23.6 Å². The van der Waals surface area contributed by atoms with Crippen LogP contribution in [0.2, 0.25) is 0 Å². The summed E-state index contributed by atoms with van der Waals surface area (Å²) in [7, 11) is 0. The zero-order valence-corrected chi connectivity index (χ0v) is 22.2. The van der Waals surface area contributed by atoms with Gasteiger partial charge in [-0.05, 0) is 76.3 Å². The molecule has 0 unspecified atom stereocenters. The topological polar surface area (TPSA) is 13.1 Å². The molecule has 0 saturated carbocycles. The fourth-order valence-electron chi connectivity index (χ4n) is 6.69. The monoisotopic (exact) mass is 503 g/mol.